The van der Waals surface area contributed by atoms with Gasteiger partial charge in [0.25, 0.3) is 0 Å². The van der Waals surface area contributed by atoms with E-state index in [4.69, 9.17) is 0 Å². The Bertz CT molecular complexity index is 540. The molecule has 0 radical (unpaired) electrons. The molecule has 2 fully saturated rings. The first-order chi connectivity index (χ1) is 10.2. The predicted molar refractivity (Wildman–Crippen MR) is 76.0 cm³/mol. The Morgan fingerprint density at radius 1 is 1.38 bits per heavy atom. The van der Waals surface area contributed by atoms with Gasteiger partial charge in [-0.2, -0.15) is 0 Å². The van der Waals surface area contributed by atoms with Crippen LogP contribution in [0.1, 0.15) is 44.7 Å². The Labute approximate surface area is 124 Å². The summed E-state index contributed by atoms with van der Waals surface area (Å²) in [6.45, 7) is 2.30. The van der Waals surface area contributed by atoms with E-state index in [1.165, 1.54) is 6.33 Å². The molecule has 0 aromatic carbocycles. The van der Waals surface area contributed by atoms with Crippen LogP contribution in [0.4, 0.5) is 0 Å². The lowest BCUT2D eigenvalue weighted by Gasteiger charge is -2.44. The summed E-state index contributed by atoms with van der Waals surface area (Å²) in [4.78, 5) is 35.1. The highest BCUT2D eigenvalue weighted by Crippen LogP contribution is 2.35. The number of rotatable bonds is 3. The highest BCUT2D eigenvalue weighted by Gasteiger charge is 2.51. The monoisotopic (exact) mass is 288 g/mol. The van der Waals surface area contributed by atoms with Crippen molar-refractivity contribution in [1.29, 1.82) is 0 Å². The van der Waals surface area contributed by atoms with Crippen molar-refractivity contribution >= 4 is 11.8 Å². The second-order valence-electron chi connectivity index (χ2n) is 5.84. The number of carbonyl (C=O) groups excluding carboxylic acids is 2. The molecule has 3 rings (SSSR count). The Morgan fingerprint density at radius 3 is 2.76 bits per heavy atom. The van der Waals surface area contributed by atoms with Gasteiger partial charge in [-0.15, -0.1) is 0 Å². The molecule has 112 valence electrons. The average molecular weight is 288 g/mol. The topological polar surface area (TPSA) is 75.2 Å². The lowest BCUT2D eigenvalue weighted by Crippen LogP contribution is -2.69. The van der Waals surface area contributed by atoms with Crippen LogP contribution in [0, 0.1) is 0 Å². The maximum absolute atomic E-state index is 12.9. The highest BCUT2D eigenvalue weighted by atomic mass is 16.2. The fraction of sp³-hybridized carbons (Fsp3) is 0.600. The van der Waals surface area contributed by atoms with Crippen LogP contribution in [0.2, 0.25) is 0 Å². The second kappa shape index (κ2) is 5.42. The summed E-state index contributed by atoms with van der Waals surface area (Å²) in [6.07, 6.45) is 7.20. The molecule has 1 unspecified atom stereocenters. The zero-order chi connectivity index (χ0) is 14.9. The molecule has 1 aromatic rings. The molecule has 2 aliphatic rings. The molecule has 1 spiro atoms. The molecule has 1 saturated heterocycles. The molecule has 6 nitrogen and oxygen atoms in total. The minimum atomic E-state index is -0.671. The normalized spacial score (nSPS) is 24.4. The Hall–Kier alpha value is -1.98. The van der Waals surface area contributed by atoms with Crippen molar-refractivity contribution in [3.63, 3.8) is 0 Å². The fourth-order valence-corrected chi connectivity index (χ4v) is 3.42. The van der Waals surface area contributed by atoms with Crippen LogP contribution in [0.3, 0.4) is 0 Å². The van der Waals surface area contributed by atoms with Crippen LogP contribution >= 0.6 is 0 Å². The number of aromatic nitrogens is 2. The summed E-state index contributed by atoms with van der Waals surface area (Å²) in [7, 11) is 0. The summed E-state index contributed by atoms with van der Waals surface area (Å²) in [5, 5.41) is 3.00. The second-order valence-corrected chi connectivity index (χ2v) is 5.84. The van der Waals surface area contributed by atoms with Crippen LogP contribution in [0.5, 0.6) is 0 Å². The lowest BCUT2D eigenvalue weighted by molar-refractivity contribution is -0.155. The Balaban J connectivity index is 1.89. The van der Waals surface area contributed by atoms with Crippen LogP contribution < -0.4 is 5.32 Å². The number of carbonyl (C=O) groups is 2. The van der Waals surface area contributed by atoms with E-state index in [-0.39, 0.29) is 11.8 Å². The molecule has 1 aliphatic heterocycles. The van der Waals surface area contributed by atoms with Gasteiger partial charge in [0, 0.05) is 6.20 Å². The molecular weight excluding hydrogens is 268 g/mol. The molecule has 6 heteroatoms. The molecule has 1 aliphatic carbocycles. The molecular formula is C15H20N4O2. The van der Waals surface area contributed by atoms with Crippen molar-refractivity contribution in [3.05, 3.63) is 24.3 Å². The summed E-state index contributed by atoms with van der Waals surface area (Å²) in [6, 6.07) is 1.38. The van der Waals surface area contributed by atoms with Gasteiger partial charge in [-0.1, -0.05) is 19.8 Å². The number of nitrogens with zero attached hydrogens (tertiary/aromatic N) is 3. The minimum Gasteiger partial charge on any atom is -0.340 e. The quantitative estimate of drug-likeness (QED) is 0.901. The third kappa shape index (κ3) is 2.39. The van der Waals surface area contributed by atoms with Gasteiger partial charge in [0.15, 0.2) is 0 Å². The van der Waals surface area contributed by atoms with Crippen molar-refractivity contribution in [2.75, 3.05) is 0 Å². The van der Waals surface area contributed by atoms with Crippen molar-refractivity contribution in [2.24, 2.45) is 0 Å². The molecule has 1 aromatic heterocycles. The molecule has 0 bridgehead atoms. The third-order valence-electron chi connectivity index (χ3n) is 4.53. The molecule has 2 amide bonds. The highest BCUT2D eigenvalue weighted by molar-refractivity contribution is 6.00. The average Bonchev–Trinajstić information content (AvgIpc) is 2.95. The van der Waals surface area contributed by atoms with E-state index in [1.807, 2.05) is 6.92 Å². The van der Waals surface area contributed by atoms with Crippen molar-refractivity contribution < 1.29 is 9.59 Å². The summed E-state index contributed by atoms with van der Waals surface area (Å²) in [5.74, 6) is 0.0121. The number of piperazine rings is 1. The van der Waals surface area contributed by atoms with Crippen molar-refractivity contribution in [3.8, 4) is 0 Å². The molecule has 1 atom stereocenters. The van der Waals surface area contributed by atoms with E-state index < -0.39 is 11.6 Å². The van der Waals surface area contributed by atoms with E-state index in [0.29, 0.717) is 13.0 Å². The summed E-state index contributed by atoms with van der Waals surface area (Å²) < 4.78 is 0. The van der Waals surface area contributed by atoms with Crippen LogP contribution in [0.25, 0.3) is 0 Å². The molecule has 1 saturated carbocycles. The van der Waals surface area contributed by atoms with Gasteiger partial charge >= 0.3 is 0 Å². The molecule has 1 N–H and O–H groups in total. The number of nitrogens with one attached hydrogen (secondary N) is 1. The Morgan fingerprint density at radius 2 is 2.14 bits per heavy atom. The van der Waals surface area contributed by atoms with Gasteiger partial charge in [-0.25, -0.2) is 9.97 Å². The number of hydrogen-bond donors (Lipinski definition) is 1. The summed E-state index contributed by atoms with van der Waals surface area (Å²) >= 11 is 0. The third-order valence-corrected chi connectivity index (χ3v) is 4.53. The minimum absolute atomic E-state index is 0.0342. The van der Waals surface area contributed by atoms with E-state index in [0.717, 1.165) is 31.4 Å². The van der Waals surface area contributed by atoms with Gasteiger partial charge in [0.2, 0.25) is 11.8 Å². The standard InChI is InChI=1S/C15H20N4O2/c1-2-12-13(20)18-15(6-3-4-7-15)14(21)19(12)9-11-5-8-16-10-17-11/h5,8,10,12H,2-4,6-7,9H2,1H3,(H,18,20). The van der Waals surface area contributed by atoms with E-state index in [2.05, 4.69) is 15.3 Å². The van der Waals surface area contributed by atoms with Gasteiger partial charge in [0.05, 0.1) is 12.2 Å². The van der Waals surface area contributed by atoms with Crippen LogP contribution in [0.15, 0.2) is 18.6 Å². The van der Waals surface area contributed by atoms with Gasteiger partial charge < -0.3 is 10.2 Å². The van der Waals surface area contributed by atoms with E-state index in [1.54, 1.807) is 17.2 Å². The molecule has 21 heavy (non-hydrogen) atoms. The van der Waals surface area contributed by atoms with Crippen molar-refractivity contribution in [2.45, 2.75) is 57.2 Å². The summed E-state index contributed by atoms with van der Waals surface area (Å²) in [5.41, 5.74) is 0.0927. The van der Waals surface area contributed by atoms with Gasteiger partial charge in [-0.3, -0.25) is 9.59 Å². The largest absolute Gasteiger partial charge is 0.340 e. The van der Waals surface area contributed by atoms with Crippen molar-refractivity contribution in [1.82, 2.24) is 20.2 Å². The van der Waals surface area contributed by atoms with Crippen LogP contribution in [-0.2, 0) is 16.1 Å². The van der Waals surface area contributed by atoms with Gasteiger partial charge in [0.1, 0.15) is 17.9 Å². The fourth-order valence-electron chi connectivity index (χ4n) is 3.42. The first-order valence-corrected chi connectivity index (χ1v) is 7.54. The number of amides is 2. The van der Waals surface area contributed by atoms with Gasteiger partial charge in [-0.05, 0) is 25.3 Å². The molecule has 2 heterocycles. The van der Waals surface area contributed by atoms with Crippen LogP contribution in [-0.4, -0.2) is 38.3 Å². The predicted octanol–water partition coefficient (Wildman–Crippen LogP) is 1.03. The smallest absolute Gasteiger partial charge is 0.249 e. The zero-order valence-corrected chi connectivity index (χ0v) is 12.2. The van der Waals surface area contributed by atoms with E-state index in [9.17, 15) is 9.59 Å². The zero-order valence-electron chi connectivity index (χ0n) is 12.2. The maximum Gasteiger partial charge on any atom is 0.249 e. The first-order valence-electron chi connectivity index (χ1n) is 7.54. The Kier molecular flexibility index (Phi) is 3.61. The number of hydrogen-bond acceptors (Lipinski definition) is 4. The maximum atomic E-state index is 12.9. The first kappa shape index (κ1) is 14.0. The SMILES string of the molecule is CCC1C(=O)NC2(CCCC2)C(=O)N1Cc1ccncn1. The van der Waals surface area contributed by atoms with E-state index >= 15 is 0 Å². The lowest BCUT2D eigenvalue weighted by atomic mass is 9.90.